The summed E-state index contributed by atoms with van der Waals surface area (Å²) in [6.45, 7) is 0.603. The lowest BCUT2D eigenvalue weighted by molar-refractivity contribution is -0.384. The van der Waals surface area contributed by atoms with Gasteiger partial charge in [-0.3, -0.25) is 19.7 Å². The summed E-state index contributed by atoms with van der Waals surface area (Å²) in [4.78, 5) is 34.3. The van der Waals surface area contributed by atoms with E-state index in [4.69, 9.17) is 4.74 Å². The molecule has 1 saturated heterocycles. The second kappa shape index (κ2) is 7.75. The Bertz CT molecular complexity index is 812. The molecular formula is C18H17N3O5. The molecule has 0 radical (unpaired) electrons. The number of nitro groups is 1. The lowest BCUT2D eigenvalue weighted by Crippen LogP contribution is -2.26. The number of ether oxygens (including phenoxy) is 1. The smallest absolute Gasteiger partial charge is 0.269 e. The van der Waals surface area contributed by atoms with Crippen molar-refractivity contribution in [2.45, 2.75) is 18.9 Å². The van der Waals surface area contributed by atoms with Gasteiger partial charge in [-0.2, -0.15) is 0 Å². The van der Waals surface area contributed by atoms with Gasteiger partial charge in [0.05, 0.1) is 4.92 Å². The number of rotatable bonds is 5. The van der Waals surface area contributed by atoms with Gasteiger partial charge in [-0.05, 0) is 49.2 Å². The van der Waals surface area contributed by atoms with Gasteiger partial charge in [-0.1, -0.05) is 0 Å². The zero-order valence-corrected chi connectivity index (χ0v) is 13.8. The molecule has 1 heterocycles. The highest BCUT2D eigenvalue weighted by Gasteiger charge is 2.23. The zero-order valence-electron chi connectivity index (χ0n) is 13.8. The van der Waals surface area contributed by atoms with Gasteiger partial charge in [0, 0.05) is 35.7 Å². The van der Waals surface area contributed by atoms with E-state index < -0.39 is 11.0 Å². The Balaban J connectivity index is 1.58. The Hall–Kier alpha value is -3.26. The third-order valence-electron chi connectivity index (χ3n) is 3.97. The first-order valence-electron chi connectivity index (χ1n) is 8.11. The Labute approximate surface area is 149 Å². The minimum atomic E-state index is -0.523. The maximum Gasteiger partial charge on any atom is 0.269 e. The van der Waals surface area contributed by atoms with Gasteiger partial charge in [-0.15, -0.1) is 0 Å². The van der Waals surface area contributed by atoms with Crippen molar-refractivity contribution in [1.29, 1.82) is 0 Å². The molecular weight excluding hydrogens is 338 g/mol. The topological polar surface area (TPSA) is 111 Å². The molecule has 0 unspecified atom stereocenters. The van der Waals surface area contributed by atoms with Gasteiger partial charge < -0.3 is 15.4 Å². The SMILES string of the molecule is O=C(Nc1ccc(NC(=O)[C@H]2CCCO2)cc1)c1ccc([N+](=O)[O-])cc1. The molecule has 2 aromatic rings. The summed E-state index contributed by atoms with van der Waals surface area (Å²) < 4.78 is 5.32. The van der Waals surface area contributed by atoms with E-state index in [-0.39, 0.29) is 17.5 Å². The van der Waals surface area contributed by atoms with Crippen LogP contribution in [0.25, 0.3) is 0 Å². The first-order chi connectivity index (χ1) is 12.5. The summed E-state index contributed by atoms with van der Waals surface area (Å²) in [5.74, 6) is -0.554. The van der Waals surface area contributed by atoms with Crippen molar-refractivity contribution in [3.05, 3.63) is 64.2 Å². The number of hydrogen-bond acceptors (Lipinski definition) is 5. The molecule has 0 saturated carbocycles. The van der Waals surface area contributed by atoms with Crippen molar-refractivity contribution in [2.75, 3.05) is 17.2 Å². The molecule has 1 aliphatic rings. The molecule has 3 rings (SSSR count). The first kappa shape index (κ1) is 17.6. The maximum absolute atomic E-state index is 12.2. The highest BCUT2D eigenvalue weighted by atomic mass is 16.6. The fraction of sp³-hybridized carbons (Fsp3) is 0.222. The number of nitrogens with zero attached hydrogens (tertiary/aromatic N) is 1. The van der Waals surface area contributed by atoms with Crippen molar-refractivity contribution in [2.24, 2.45) is 0 Å². The predicted molar refractivity (Wildman–Crippen MR) is 95.1 cm³/mol. The van der Waals surface area contributed by atoms with Gasteiger partial charge in [0.1, 0.15) is 6.10 Å². The molecule has 2 N–H and O–H groups in total. The quantitative estimate of drug-likeness (QED) is 0.633. The summed E-state index contributed by atoms with van der Waals surface area (Å²) in [6.07, 6.45) is 1.19. The lowest BCUT2D eigenvalue weighted by Gasteiger charge is -2.11. The van der Waals surface area contributed by atoms with E-state index in [2.05, 4.69) is 10.6 Å². The minimum absolute atomic E-state index is 0.0760. The molecule has 1 atom stereocenters. The van der Waals surface area contributed by atoms with Crippen LogP contribution in [0.3, 0.4) is 0 Å². The van der Waals surface area contributed by atoms with Crippen LogP contribution in [-0.4, -0.2) is 29.4 Å². The molecule has 8 nitrogen and oxygen atoms in total. The molecule has 1 aliphatic heterocycles. The van der Waals surface area contributed by atoms with E-state index in [1.165, 1.54) is 24.3 Å². The van der Waals surface area contributed by atoms with Crippen LogP contribution in [0.5, 0.6) is 0 Å². The van der Waals surface area contributed by atoms with Crippen molar-refractivity contribution in [3.8, 4) is 0 Å². The number of anilines is 2. The zero-order chi connectivity index (χ0) is 18.5. The van der Waals surface area contributed by atoms with Crippen molar-refractivity contribution in [3.63, 3.8) is 0 Å². The standard InChI is InChI=1S/C18H17N3O5/c22-17(12-3-9-15(10-4-12)21(24)25)19-13-5-7-14(8-6-13)20-18(23)16-2-1-11-26-16/h3-10,16H,1-2,11H2,(H,19,22)(H,20,23)/t16-/m1/s1. The van der Waals surface area contributed by atoms with Gasteiger partial charge in [0.2, 0.25) is 0 Å². The molecule has 0 bridgehead atoms. The number of nitrogens with one attached hydrogen (secondary N) is 2. The lowest BCUT2D eigenvalue weighted by atomic mass is 10.2. The molecule has 0 aromatic heterocycles. The number of benzene rings is 2. The fourth-order valence-electron chi connectivity index (χ4n) is 2.58. The third kappa shape index (κ3) is 4.22. The van der Waals surface area contributed by atoms with Crippen molar-refractivity contribution < 1.29 is 19.2 Å². The third-order valence-corrected chi connectivity index (χ3v) is 3.97. The summed E-state index contributed by atoms with van der Waals surface area (Å²) >= 11 is 0. The van der Waals surface area contributed by atoms with Crippen LogP contribution in [-0.2, 0) is 9.53 Å². The summed E-state index contributed by atoms with van der Waals surface area (Å²) in [5, 5.41) is 16.1. The van der Waals surface area contributed by atoms with Gasteiger partial charge >= 0.3 is 0 Å². The van der Waals surface area contributed by atoms with Crippen molar-refractivity contribution >= 4 is 28.9 Å². The molecule has 2 amide bonds. The Kier molecular flexibility index (Phi) is 5.23. The molecule has 0 spiro atoms. The largest absolute Gasteiger partial charge is 0.368 e. The normalized spacial score (nSPS) is 16.1. The fourth-order valence-corrected chi connectivity index (χ4v) is 2.58. The predicted octanol–water partition coefficient (Wildman–Crippen LogP) is 2.96. The van der Waals surface area contributed by atoms with Crippen LogP contribution in [0, 0.1) is 10.1 Å². The average Bonchev–Trinajstić information content (AvgIpc) is 3.18. The van der Waals surface area contributed by atoms with Crippen LogP contribution >= 0.6 is 0 Å². The van der Waals surface area contributed by atoms with Gasteiger partial charge in [0.15, 0.2) is 0 Å². The number of carbonyl (C=O) groups is 2. The van der Waals surface area contributed by atoms with Crippen LogP contribution in [0.2, 0.25) is 0 Å². The van der Waals surface area contributed by atoms with E-state index >= 15 is 0 Å². The maximum atomic E-state index is 12.2. The van der Waals surface area contributed by atoms with Crippen LogP contribution < -0.4 is 10.6 Å². The van der Waals surface area contributed by atoms with E-state index in [9.17, 15) is 19.7 Å². The number of carbonyl (C=O) groups excluding carboxylic acids is 2. The second-order valence-corrected chi connectivity index (χ2v) is 5.83. The van der Waals surface area contributed by atoms with Crippen LogP contribution in [0.4, 0.5) is 17.1 Å². The minimum Gasteiger partial charge on any atom is -0.368 e. The second-order valence-electron chi connectivity index (χ2n) is 5.83. The first-order valence-corrected chi connectivity index (χ1v) is 8.11. The van der Waals surface area contributed by atoms with Crippen LogP contribution in [0.1, 0.15) is 23.2 Å². The highest BCUT2D eigenvalue weighted by Crippen LogP contribution is 2.18. The molecule has 0 aliphatic carbocycles. The monoisotopic (exact) mass is 355 g/mol. The van der Waals surface area contributed by atoms with E-state index in [1.807, 2.05) is 0 Å². The average molecular weight is 355 g/mol. The number of nitro benzene ring substituents is 1. The Morgan fingerprint density at radius 3 is 2.15 bits per heavy atom. The van der Waals surface area contributed by atoms with Crippen LogP contribution in [0.15, 0.2) is 48.5 Å². The molecule has 2 aromatic carbocycles. The Morgan fingerprint density at radius 1 is 1.00 bits per heavy atom. The summed E-state index contributed by atoms with van der Waals surface area (Å²) in [5.41, 5.74) is 1.39. The van der Waals surface area contributed by atoms with Gasteiger partial charge in [0.25, 0.3) is 17.5 Å². The summed E-state index contributed by atoms with van der Waals surface area (Å²) in [6, 6.07) is 12.0. The number of non-ortho nitro benzene ring substituents is 1. The number of hydrogen-bond donors (Lipinski definition) is 2. The van der Waals surface area contributed by atoms with Crippen molar-refractivity contribution in [1.82, 2.24) is 0 Å². The Morgan fingerprint density at radius 2 is 1.62 bits per heavy atom. The van der Waals surface area contributed by atoms with E-state index in [1.54, 1.807) is 24.3 Å². The molecule has 8 heteroatoms. The highest BCUT2D eigenvalue weighted by molar-refractivity contribution is 6.04. The van der Waals surface area contributed by atoms with Gasteiger partial charge in [-0.25, -0.2) is 0 Å². The number of amides is 2. The molecule has 134 valence electrons. The van der Waals surface area contributed by atoms with E-state index in [0.29, 0.717) is 23.5 Å². The van der Waals surface area contributed by atoms with E-state index in [0.717, 1.165) is 12.8 Å². The molecule has 1 fully saturated rings. The molecule has 26 heavy (non-hydrogen) atoms. The summed E-state index contributed by atoms with van der Waals surface area (Å²) in [7, 11) is 0.